The SMILES string of the molecule is Cc1oc(S(=O)(=O)N2CCCCC2)cc1C(=O)N1N=C(c2cccnc2)CC1C1=C(O)CCC=C1. The third-order valence-corrected chi connectivity index (χ3v) is 8.44. The van der Waals surface area contributed by atoms with E-state index in [0.29, 0.717) is 37.2 Å². The Balaban J connectivity index is 1.50. The lowest BCUT2D eigenvalue weighted by Crippen LogP contribution is -2.35. The van der Waals surface area contributed by atoms with E-state index in [-0.39, 0.29) is 22.2 Å². The molecule has 1 amide bonds. The minimum atomic E-state index is -3.83. The molecule has 2 aliphatic heterocycles. The van der Waals surface area contributed by atoms with Gasteiger partial charge in [-0.3, -0.25) is 9.78 Å². The smallest absolute Gasteiger partial charge is 0.278 e. The Kier molecular flexibility index (Phi) is 6.33. The van der Waals surface area contributed by atoms with Gasteiger partial charge in [0.05, 0.1) is 23.1 Å². The summed E-state index contributed by atoms with van der Waals surface area (Å²) in [6, 6.07) is 4.45. The first kappa shape index (κ1) is 23.5. The number of carbonyl (C=O) groups excluding carboxylic acids is 1. The van der Waals surface area contributed by atoms with Gasteiger partial charge in [0.25, 0.3) is 15.9 Å². The number of aliphatic hydroxyl groups excluding tert-OH is 1. The Labute approximate surface area is 204 Å². The van der Waals surface area contributed by atoms with Crippen LogP contribution in [0, 0.1) is 6.92 Å². The van der Waals surface area contributed by atoms with E-state index >= 15 is 0 Å². The van der Waals surface area contributed by atoms with Crippen molar-refractivity contribution in [2.24, 2.45) is 5.10 Å². The molecule has 9 nitrogen and oxygen atoms in total. The zero-order valence-corrected chi connectivity index (χ0v) is 20.4. The highest BCUT2D eigenvalue weighted by Gasteiger charge is 2.38. The minimum absolute atomic E-state index is 0.140. The highest BCUT2D eigenvalue weighted by molar-refractivity contribution is 7.89. The van der Waals surface area contributed by atoms with Crippen molar-refractivity contribution in [2.45, 2.75) is 56.6 Å². The molecular weight excluding hydrogens is 468 g/mol. The van der Waals surface area contributed by atoms with Gasteiger partial charge in [-0.2, -0.15) is 9.41 Å². The molecule has 35 heavy (non-hydrogen) atoms. The number of rotatable bonds is 5. The molecule has 2 aromatic rings. The number of sulfonamides is 1. The van der Waals surface area contributed by atoms with Crippen LogP contribution in [0.1, 0.15) is 60.2 Å². The number of carbonyl (C=O) groups is 1. The van der Waals surface area contributed by atoms with E-state index in [0.717, 1.165) is 31.2 Å². The first-order valence-electron chi connectivity index (χ1n) is 11.9. The van der Waals surface area contributed by atoms with Gasteiger partial charge in [-0.1, -0.05) is 24.6 Å². The van der Waals surface area contributed by atoms with Crippen molar-refractivity contribution in [1.82, 2.24) is 14.3 Å². The first-order valence-corrected chi connectivity index (χ1v) is 13.3. The lowest BCUT2D eigenvalue weighted by atomic mass is 9.93. The molecule has 1 aliphatic carbocycles. The predicted octanol–water partition coefficient (Wildman–Crippen LogP) is 3.94. The Morgan fingerprint density at radius 2 is 2.03 bits per heavy atom. The molecule has 10 heteroatoms. The molecule has 5 rings (SSSR count). The summed E-state index contributed by atoms with van der Waals surface area (Å²) < 4.78 is 33.3. The molecule has 1 saturated heterocycles. The zero-order chi connectivity index (χ0) is 24.6. The fourth-order valence-corrected chi connectivity index (χ4v) is 6.26. The Morgan fingerprint density at radius 1 is 1.23 bits per heavy atom. The van der Waals surface area contributed by atoms with Gasteiger partial charge in [-0.25, -0.2) is 13.4 Å². The average Bonchev–Trinajstić information content (AvgIpc) is 3.50. The molecule has 1 N–H and O–H groups in total. The number of nitrogens with zero attached hydrogens (tertiary/aromatic N) is 4. The van der Waals surface area contributed by atoms with E-state index in [4.69, 9.17) is 4.42 Å². The third kappa shape index (κ3) is 4.43. The number of pyridine rings is 1. The minimum Gasteiger partial charge on any atom is -0.512 e. The Bertz CT molecular complexity index is 1320. The number of furan rings is 1. The van der Waals surface area contributed by atoms with Crippen LogP contribution in [0.25, 0.3) is 0 Å². The summed E-state index contributed by atoms with van der Waals surface area (Å²) in [6.07, 6.45) is 11.4. The molecule has 4 heterocycles. The second kappa shape index (κ2) is 9.43. The van der Waals surface area contributed by atoms with Crippen LogP contribution in [0.15, 0.2) is 68.7 Å². The predicted molar refractivity (Wildman–Crippen MR) is 129 cm³/mol. The standard InChI is InChI=1S/C25H28N4O5S/c1-17-20(14-24(34-17)35(32,33)28-12-5-2-6-13-28)25(31)29-22(19-9-3-4-10-23(19)30)15-21(27-29)18-8-7-11-26-16-18/h3,7-9,11,14,16,22,30H,2,4-6,10,12-13,15H2,1H3. The summed E-state index contributed by atoms with van der Waals surface area (Å²) >= 11 is 0. The average molecular weight is 497 g/mol. The summed E-state index contributed by atoms with van der Waals surface area (Å²) in [7, 11) is -3.83. The molecule has 2 aromatic heterocycles. The van der Waals surface area contributed by atoms with Crippen molar-refractivity contribution in [2.75, 3.05) is 13.1 Å². The number of amides is 1. The lowest BCUT2D eigenvalue weighted by Gasteiger charge is -2.25. The summed E-state index contributed by atoms with van der Waals surface area (Å²) in [5.41, 5.74) is 2.22. The van der Waals surface area contributed by atoms with Gasteiger partial charge in [-0.05, 0) is 32.3 Å². The number of allylic oxidation sites excluding steroid dienone is 2. The van der Waals surface area contributed by atoms with Gasteiger partial charge in [0.1, 0.15) is 5.76 Å². The number of hydrogen-bond donors (Lipinski definition) is 1. The van der Waals surface area contributed by atoms with Gasteiger partial charge >= 0.3 is 0 Å². The Hall–Kier alpha value is -3.24. The number of aryl methyl sites for hydroxylation is 1. The van der Waals surface area contributed by atoms with E-state index in [1.165, 1.54) is 15.4 Å². The van der Waals surface area contributed by atoms with E-state index < -0.39 is 22.0 Å². The van der Waals surface area contributed by atoms with Crippen molar-refractivity contribution < 1.29 is 22.7 Å². The molecule has 1 unspecified atom stereocenters. The van der Waals surface area contributed by atoms with E-state index in [1.807, 2.05) is 18.2 Å². The summed E-state index contributed by atoms with van der Waals surface area (Å²) in [6.45, 7) is 2.46. The van der Waals surface area contributed by atoms with Crippen LogP contribution >= 0.6 is 0 Å². The van der Waals surface area contributed by atoms with Gasteiger partial charge in [0, 0.05) is 55.5 Å². The quantitative estimate of drug-likeness (QED) is 0.670. The first-order chi connectivity index (χ1) is 16.9. The normalized spacial score (nSPS) is 21.5. The fraction of sp³-hybridized carbons (Fsp3) is 0.400. The van der Waals surface area contributed by atoms with Crippen LogP contribution < -0.4 is 0 Å². The van der Waals surface area contributed by atoms with Gasteiger partial charge < -0.3 is 9.52 Å². The molecule has 0 bridgehead atoms. The maximum Gasteiger partial charge on any atom is 0.278 e. The van der Waals surface area contributed by atoms with Crippen LogP contribution in [0.3, 0.4) is 0 Å². The van der Waals surface area contributed by atoms with Crippen molar-refractivity contribution >= 4 is 21.6 Å². The summed E-state index contributed by atoms with van der Waals surface area (Å²) in [4.78, 5) is 17.9. The molecule has 0 aromatic carbocycles. The maximum atomic E-state index is 13.7. The van der Waals surface area contributed by atoms with Crippen LogP contribution in [-0.2, 0) is 10.0 Å². The monoisotopic (exact) mass is 496 g/mol. The Morgan fingerprint density at radius 3 is 2.74 bits per heavy atom. The number of aliphatic hydroxyl groups is 1. The van der Waals surface area contributed by atoms with Gasteiger partial charge in [-0.15, -0.1) is 0 Å². The van der Waals surface area contributed by atoms with E-state index in [1.54, 1.807) is 25.4 Å². The van der Waals surface area contributed by atoms with Gasteiger partial charge in [0.2, 0.25) is 5.09 Å². The summed E-state index contributed by atoms with van der Waals surface area (Å²) in [5, 5.41) is 16.3. The molecule has 184 valence electrons. The lowest BCUT2D eigenvalue weighted by molar-refractivity contribution is 0.0732. The van der Waals surface area contributed by atoms with E-state index in [9.17, 15) is 18.3 Å². The van der Waals surface area contributed by atoms with Crippen LogP contribution in [0.2, 0.25) is 0 Å². The third-order valence-electron chi connectivity index (χ3n) is 6.69. The summed E-state index contributed by atoms with van der Waals surface area (Å²) in [5.74, 6) is -0.0310. The number of aromatic nitrogens is 1. The molecule has 0 spiro atoms. The number of hydrazone groups is 1. The maximum absolute atomic E-state index is 13.7. The highest BCUT2D eigenvalue weighted by atomic mass is 32.2. The molecule has 1 atom stereocenters. The van der Waals surface area contributed by atoms with Gasteiger partial charge in [0.15, 0.2) is 0 Å². The molecule has 0 radical (unpaired) electrons. The van der Waals surface area contributed by atoms with E-state index in [2.05, 4.69) is 10.1 Å². The van der Waals surface area contributed by atoms with Crippen molar-refractivity contribution in [3.8, 4) is 0 Å². The second-order valence-corrected chi connectivity index (χ2v) is 10.9. The van der Waals surface area contributed by atoms with Crippen molar-refractivity contribution in [1.29, 1.82) is 0 Å². The largest absolute Gasteiger partial charge is 0.512 e. The number of piperidine rings is 1. The molecular formula is C25H28N4O5S. The van der Waals surface area contributed by atoms with Crippen molar-refractivity contribution in [3.05, 3.63) is 71.0 Å². The van der Waals surface area contributed by atoms with Crippen LogP contribution in [0.5, 0.6) is 0 Å². The fourth-order valence-electron chi connectivity index (χ4n) is 4.77. The van der Waals surface area contributed by atoms with Crippen LogP contribution in [0.4, 0.5) is 0 Å². The zero-order valence-electron chi connectivity index (χ0n) is 19.6. The molecule has 3 aliphatic rings. The van der Waals surface area contributed by atoms with Crippen LogP contribution in [-0.4, -0.2) is 58.6 Å². The molecule has 0 saturated carbocycles. The second-order valence-electron chi connectivity index (χ2n) is 9.00. The topological polar surface area (TPSA) is 116 Å². The molecule has 1 fully saturated rings. The number of hydrogen-bond acceptors (Lipinski definition) is 7. The van der Waals surface area contributed by atoms with Crippen molar-refractivity contribution in [3.63, 3.8) is 0 Å². The highest BCUT2D eigenvalue weighted by Crippen LogP contribution is 2.33.